The van der Waals surface area contributed by atoms with Crippen molar-refractivity contribution in [1.82, 2.24) is 0 Å². The molecule has 12 rings (SSSR count). The van der Waals surface area contributed by atoms with E-state index in [0.717, 1.165) is 56.9 Å². The quantitative estimate of drug-likeness (QED) is 0.167. The molecule has 3 heteroatoms. The van der Waals surface area contributed by atoms with Gasteiger partial charge in [-0.2, -0.15) is 0 Å². The lowest BCUT2D eigenvalue weighted by atomic mass is 9.95. The van der Waals surface area contributed by atoms with E-state index in [2.05, 4.69) is 217 Å². The number of fused-ring (bicyclic) bond motifs is 8. The van der Waals surface area contributed by atoms with Gasteiger partial charge < -0.3 is 9.32 Å². The van der Waals surface area contributed by atoms with Gasteiger partial charge in [0.25, 0.3) is 0 Å². The van der Waals surface area contributed by atoms with Crippen LogP contribution in [-0.4, -0.2) is 0 Å². The Morgan fingerprint density at radius 1 is 0.450 bits per heavy atom. The zero-order valence-electron chi connectivity index (χ0n) is 32.7. The molecule has 2 heterocycles. The van der Waals surface area contributed by atoms with E-state index in [0.29, 0.717) is 0 Å². The smallest absolute Gasteiger partial charge is 0.135 e. The molecule has 0 N–H and O–H groups in total. The molecule has 0 bridgehead atoms. The molecule has 1 aliphatic rings. The number of thiophene rings is 1. The highest BCUT2D eigenvalue weighted by Gasteiger charge is 2.24. The molecule has 9 aromatic carbocycles. The first kappa shape index (κ1) is 34.6. The van der Waals surface area contributed by atoms with Crippen LogP contribution >= 0.6 is 11.3 Å². The highest BCUT2D eigenvalue weighted by atomic mass is 32.1. The largest absolute Gasteiger partial charge is 0.460 e. The fourth-order valence-electron chi connectivity index (χ4n) is 9.27. The number of hydrogen-bond donors (Lipinski definition) is 0. The molecule has 11 aromatic rings. The zero-order chi connectivity index (χ0) is 39.6. The van der Waals surface area contributed by atoms with Crippen LogP contribution in [0.25, 0.3) is 87.4 Å². The number of para-hydroxylation sites is 1. The highest BCUT2D eigenvalue weighted by molar-refractivity contribution is 7.26. The van der Waals surface area contributed by atoms with Crippen molar-refractivity contribution in [2.45, 2.75) is 6.42 Å². The van der Waals surface area contributed by atoms with Gasteiger partial charge in [0.1, 0.15) is 11.3 Å². The van der Waals surface area contributed by atoms with E-state index in [-0.39, 0.29) is 0 Å². The molecule has 1 aliphatic carbocycles. The van der Waals surface area contributed by atoms with Crippen LogP contribution in [0.4, 0.5) is 17.1 Å². The Balaban J connectivity index is 1.02. The van der Waals surface area contributed by atoms with Gasteiger partial charge in [0.15, 0.2) is 0 Å². The maximum absolute atomic E-state index is 6.66. The molecule has 282 valence electrons. The number of anilines is 3. The molecule has 0 aliphatic heterocycles. The first-order valence-electron chi connectivity index (χ1n) is 20.5. The number of benzene rings is 9. The molecule has 0 fully saturated rings. The summed E-state index contributed by atoms with van der Waals surface area (Å²) in [4.78, 5) is 2.46. The third kappa shape index (κ3) is 5.70. The minimum absolute atomic E-state index is 0.747. The minimum Gasteiger partial charge on any atom is -0.460 e. The predicted molar refractivity (Wildman–Crippen MR) is 255 cm³/mol. The summed E-state index contributed by atoms with van der Waals surface area (Å²) < 4.78 is 9.20. The summed E-state index contributed by atoms with van der Waals surface area (Å²) in [6.45, 7) is 0. The maximum atomic E-state index is 6.66. The molecular formula is C57H37NOS. The topological polar surface area (TPSA) is 16.4 Å². The molecule has 0 atom stereocenters. The number of nitrogens with zero attached hydrogens (tertiary/aromatic N) is 1. The van der Waals surface area contributed by atoms with Crippen molar-refractivity contribution in [3.8, 4) is 33.4 Å². The summed E-state index contributed by atoms with van der Waals surface area (Å²) in [5.74, 6) is 0.999. The Bertz CT molecular complexity index is 3570. The van der Waals surface area contributed by atoms with Gasteiger partial charge in [-0.1, -0.05) is 170 Å². The van der Waals surface area contributed by atoms with Crippen LogP contribution in [0.15, 0.2) is 205 Å². The summed E-state index contributed by atoms with van der Waals surface area (Å²) in [5.41, 5.74) is 12.6. The Labute approximate surface area is 351 Å². The van der Waals surface area contributed by atoms with Crippen LogP contribution in [0, 0.1) is 0 Å². The first-order chi connectivity index (χ1) is 29.7. The molecule has 2 aromatic heterocycles. The molecule has 0 radical (unpaired) electrons. The van der Waals surface area contributed by atoms with E-state index in [1.54, 1.807) is 0 Å². The summed E-state index contributed by atoms with van der Waals surface area (Å²) >= 11 is 1.86. The lowest BCUT2D eigenvalue weighted by Crippen LogP contribution is -2.22. The number of rotatable bonds is 6. The van der Waals surface area contributed by atoms with Crippen LogP contribution < -0.4 is 15.3 Å². The van der Waals surface area contributed by atoms with E-state index >= 15 is 0 Å². The van der Waals surface area contributed by atoms with E-state index in [1.165, 1.54) is 63.6 Å². The minimum atomic E-state index is 0.747. The Morgan fingerprint density at radius 2 is 1.07 bits per heavy atom. The van der Waals surface area contributed by atoms with Crippen molar-refractivity contribution in [1.29, 1.82) is 0 Å². The van der Waals surface area contributed by atoms with Gasteiger partial charge in [0.2, 0.25) is 0 Å². The molecule has 2 nitrogen and oxygen atoms in total. The second-order valence-corrected chi connectivity index (χ2v) is 16.6. The van der Waals surface area contributed by atoms with Gasteiger partial charge in [0, 0.05) is 44.1 Å². The van der Waals surface area contributed by atoms with Crippen molar-refractivity contribution in [2.75, 3.05) is 4.90 Å². The molecular weight excluding hydrogens is 747 g/mol. The molecule has 0 spiro atoms. The molecule has 0 saturated heterocycles. The number of hydrogen-bond acceptors (Lipinski definition) is 3. The van der Waals surface area contributed by atoms with Gasteiger partial charge in [-0.15, -0.1) is 11.3 Å². The van der Waals surface area contributed by atoms with Gasteiger partial charge in [-0.05, 0) is 91.5 Å². The van der Waals surface area contributed by atoms with Crippen LogP contribution in [0.2, 0.25) is 0 Å². The third-order valence-corrected chi connectivity index (χ3v) is 13.3. The summed E-state index contributed by atoms with van der Waals surface area (Å²) in [7, 11) is 0. The third-order valence-electron chi connectivity index (χ3n) is 12.1. The monoisotopic (exact) mass is 783 g/mol. The van der Waals surface area contributed by atoms with Gasteiger partial charge >= 0.3 is 0 Å². The standard InChI is InChI=1S/C57H37NOS/c1-2-14-42-36-50-53(35-32-37(42)12-1)59-54-24-11-20-48(56(50)54)46-17-5-7-22-51(46)58(52-23-10-21-49-47-18-6-8-25-55(47)60-57(49)52)43-33-30-39(31-34-43)38-26-28-41(29-27-38)45-19-9-15-40-13-3-4-16-44(40)45/h1-34,36H,35H2. The second kappa shape index (κ2) is 14.1. The zero-order valence-corrected chi connectivity index (χ0v) is 33.5. The van der Waals surface area contributed by atoms with E-state index in [1.807, 2.05) is 11.3 Å². The van der Waals surface area contributed by atoms with Gasteiger partial charge in [0.05, 0.1) is 16.1 Å². The molecule has 0 amide bonds. The highest BCUT2D eigenvalue weighted by Crippen LogP contribution is 2.49. The predicted octanol–water partition coefficient (Wildman–Crippen LogP) is 14.6. The van der Waals surface area contributed by atoms with Crippen molar-refractivity contribution < 1.29 is 4.42 Å². The lowest BCUT2D eigenvalue weighted by molar-refractivity contribution is 0.568. The first-order valence-corrected chi connectivity index (χ1v) is 21.4. The summed E-state index contributed by atoms with van der Waals surface area (Å²) in [6, 6.07) is 72.7. The maximum Gasteiger partial charge on any atom is 0.135 e. The van der Waals surface area contributed by atoms with Crippen molar-refractivity contribution >= 4 is 82.5 Å². The fraction of sp³-hybridized carbons (Fsp3) is 0.0175. The van der Waals surface area contributed by atoms with Gasteiger partial charge in [-0.25, -0.2) is 0 Å². The van der Waals surface area contributed by atoms with E-state index in [4.69, 9.17) is 4.42 Å². The number of furan rings is 1. The van der Waals surface area contributed by atoms with Crippen molar-refractivity contribution in [3.63, 3.8) is 0 Å². The Hall–Kier alpha value is -7.46. The van der Waals surface area contributed by atoms with Crippen molar-refractivity contribution in [3.05, 3.63) is 222 Å². The van der Waals surface area contributed by atoms with Crippen molar-refractivity contribution in [2.24, 2.45) is 0 Å². The van der Waals surface area contributed by atoms with Crippen LogP contribution in [0.3, 0.4) is 0 Å². The Morgan fingerprint density at radius 3 is 1.95 bits per heavy atom. The summed E-state index contributed by atoms with van der Waals surface area (Å²) in [5, 5.41) is 8.68. The van der Waals surface area contributed by atoms with Crippen LogP contribution in [-0.2, 0) is 6.42 Å². The lowest BCUT2D eigenvalue weighted by Gasteiger charge is -2.28. The SMILES string of the molecule is C1=c2ccccc2=Cc2c(oc3cccc(-c4ccccc4N(c4ccc(-c5ccc(-c6cccc7ccccc67)cc5)cc4)c4cccc5c4sc4ccccc45)c23)C1. The molecule has 60 heavy (non-hydrogen) atoms. The molecule has 0 unspecified atom stereocenters. The second-order valence-electron chi connectivity index (χ2n) is 15.6. The normalized spacial score (nSPS) is 12.2. The average molecular weight is 784 g/mol. The van der Waals surface area contributed by atoms with Gasteiger partial charge in [-0.3, -0.25) is 0 Å². The fourth-order valence-corrected chi connectivity index (χ4v) is 10.5. The van der Waals surface area contributed by atoms with E-state index in [9.17, 15) is 0 Å². The van der Waals surface area contributed by atoms with Crippen LogP contribution in [0.1, 0.15) is 11.3 Å². The molecule has 0 saturated carbocycles. The van der Waals surface area contributed by atoms with E-state index < -0.39 is 0 Å². The average Bonchev–Trinajstić information content (AvgIpc) is 3.81. The summed E-state index contributed by atoms with van der Waals surface area (Å²) in [6.07, 6.45) is 5.34. The Kier molecular flexibility index (Phi) is 8.14. The van der Waals surface area contributed by atoms with Crippen LogP contribution in [0.5, 0.6) is 0 Å².